The number of aliphatic carboxylic acids is 1. The summed E-state index contributed by atoms with van der Waals surface area (Å²) in [4.78, 5) is 11.0. The average molecular weight is 281 g/mol. The number of carboxylic acid groups (broad SMARTS) is 1. The number of rotatable bonds is 4. The standard InChI is InChI=1S/C12H13ClN4O2/c1-7(12(18)19)8(2)17-11(14-15-16-17)9-4-3-5-10(13)6-9/h3-8H,1-2H3,(H,18,19). The minimum absolute atomic E-state index is 0.360. The Balaban J connectivity index is 2.40. The number of carbonyl (C=O) groups is 1. The van der Waals surface area contributed by atoms with Crippen molar-refractivity contribution >= 4 is 17.6 Å². The van der Waals surface area contributed by atoms with Crippen LogP contribution in [0.15, 0.2) is 24.3 Å². The first-order valence-electron chi connectivity index (χ1n) is 5.77. The van der Waals surface area contributed by atoms with Crippen LogP contribution in [0.25, 0.3) is 11.4 Å². The topological polar surface area (TPSA) is 80.9 Å². The van der Waals surface area contributed by atoms with Crippen molar-refractivity contribution in [3.63, 3.8) is 0 Å². The predicted octanol–water partition coefficient (Wildman–Crippen LogP) is 2.28. The Hall–Kier alpha value is -1.95. The molecule has 2 rings (SSSR count). The van der Waals surface area contributed by atoms with Crippen molar-refractivity contribution in [3.8, 4) is 11.4 Å². The lowest BCUT2D eigenvalue weighted by molar-refractivity contribution is -0.142. The van der Waals surface area contributed by atoms with E-state index in [0.717, 1.165) is 5.56 Å². The second-order valence-corrected chi connectivity index (χ2v) is 4.76. The van der Waals surface area contributed by atoms with Gasteiger partial charge in [0, 0.05) is 10.6 Å². The molecule has 0 aliphatic rings. The molecule has 2 unspecified atom stereocenters. The van der Waals surface area contributed by atoms with E-state index in [1.807, 2.05) is 6.07 Å². The van der Waals surface area contributed by atoms with E-state index in [0.29, 0.717) is 10.8 Å². The molecule has 0 spiro atoms. The molecule has 1 aromatic carbocycles. The Morgan fingerprint density at radius 2 is 2.16 bits per heavy atom. The molecular weight excluding hydrogens is 268 g/mol. The molecule has 1 aromatic heterocycles. The van der Waals surface area contributed by atoms with Gasteiger partial charge in [-0.25, -0.2) is 4.68 Å². The predicted molar refractivity (Wildman–Crippen MR) is 69.8 cm³/mol. The summed E-state index contributed by atoms with van der Waals surface area (Å²) >= 11 is 5.93. The lowest BCUT2D eigenvalue weighted by Crippen LogP contribution is -2.23. The SMILES string of the molecule is CC(C(=O)O)C(C)n1nnnc1-c1cccc(Cl)c1. The number of tetrazole rings is 1. The van der Waals surface area contributed by atoms with Gasteiger partial charge in [-0.15, -0.1) is 5.10 Å². The summed E-state index contributed by atoms with van der Waals surface area (Å²) in [5.41, 5.74) is 0.752. The number of benzene rings is 1. The van der Waals surface area contributed by atoms with E-state index in [4.69, 9.17) is 16.7 Å². The van der Waals surface area contributed by atoms with E-state index < -0.39 is 11.9 Å². The maximum Gasteiger partial charge on any atom is 0.308 e. The monoisotopic (exact) mass is 280 g/mol. The van der Waals surface area contributed by atoms with Crippen LogP contribution in [0.1, 0.15) is 19.9 Å². The van der Waals surface area contributed by atoms with Crippen LogP contribution in [0.4, 0.5) is 0 Å². The van der Waals surface area contributed by atoms with Gasteiger partial charge in [0.15, 0.2) is 5.82 Å². The van der Waals surface area contributed by atoms with Gasteiger partial charge < -0.3 is 5.11 Å². The van der Waals surface area contributed by atoms with Crippen molar-refractivity contribution in [2.24, 2.45) is 5.92 Å². The second kappa shape index (κ2) is 5.36. The van der Waals surface area contributed by atoms with Crippen molar-refractivity contribution in [1.29, 1.82) is 0 Å². The molecule has 6 nitrogen and oxygen atoms in total. The van der Waals surface area contributed by atoms with Crippen LogP contribution in [0, 0.1) is 5.92 Å². The molecule has 0 fully saturated rings. The summed E-state index contributed by atoms with van der Waals surface area (Å²) in [6.45, 7) is 3.39. The highest BCUT2D eigenvalue weighted by molar-refractivity contribution is 6.30. The first kappa shape index (κ1) is 13.5. The van der Waals surface area contributed by atoms with Crippen molar-refractivity contribution in [3.05, 3.63) is 29.3 Å². The average Bonchev–Trinajstić information content (AvgIpc) is 2.86. The zero-order chi connectivity index (χ0) is 14.0. The summed E-state index contributed by atoms with van der Waals surface area (Å²) in [5.74, 6) is -0.982. The van der Waals surface area contributed by atoms with Crippen molar-refractivity contribution in [2.75, 3.05) is 0 Å². The smallest absolute Gasteiger partial charge is 0.308 e. The summed E-state index contributed by atoms with van der Waals surface area (Å²) in [5, 5.41) is 21.1. The van der Waals surface area contributed by atoms with Crippen molar-refractivity contribution in [2.45, 2.75) is 19.9 Å². The van der Waals surface area contributed by atoms with Gasteiger partial charge in [0.25, 0.3) is 0 Å². The third kappa shape index (κ3) is 2.73. The lowest BCUT2D eigenvalue weighted by Gasteiger charge is -2.17. The van der Waals surface area contributed by atoms with Crippen LogP contribution in [0.5, 0.6) is 0 Å². The molecule has 0 aliphatic carbocycles. The Kier molecular flexibility index (Phi) is 3.80. The van der Waals surface area contributed by atoms with E-state index in [-0.39, 0.29) is 6.04 Å². The fraction of sp³-hybridized carbons (Fsp3) is 0.333. The summed E-state index contributed by atoms with van der Waals surface area (Å²) in [6, 6.07) is 6.75. The largest absolute Gasteiger partial charge is 0.481 e. The minimum Gasteiger partial charge on any atom is -0.481 e. The number of halogens is 1. The number of hydrogen-bond acceptors (Lipinski definition) is 4. The van der Waals surface area contributed by atoms with Gasteiger partial charge in [-0.2, -0.15) is 0 Å². The Labute approximate surface area is 115 Å². The molecular formula is C12H13ClN4O2. The molecule has 2 aromatic rings. The molecule has 100 valence electrons. The molecule has 2 atom stereocenters. The number of hydrogen-bond donors (Lipinski definition) is 1. The second-order valence-electron chi connectivity index (χ2n) is 4.32. The van der Waals surface area contributed by atoms with E-state index in [2.05, 4.69) is 15.5 Å². The molecule has 0 bridgehead atoms. The maximum atomic E-state index is 11.0. The van der Waals surface area contributed by atoms with Crippen LogP contribution in [-0.2, 0) is 4.79 Å². The summed E-state index contributed by atoms with van der Waals surface area (Å²) < 4.78 is 1.50. The fourth-order valence-corrected chi connectivity index (χ4v) is 1.89. The maximum absolute atomic E-state index is 11.0. The number of aromatic nitrogens is 4. The molecule has 0 radical (unpaired) electrons. The minimum atomic E-state index is -0.889. The van der Waals surface area contributed by atoms with Gasteiger partial charge in [-0.1, -0.05) is 23.7 Å². The van der Waals surface area contributed by atoms with Crippen LogP contribution in [0.3, 0.4) is 0 Å². The lowest BCUT2D eigenvalue weighted by atomic mass is 10.0. The van der Waals surface area contributed by atoms with Gasteiger partial charge >= 0.3 is 5.97 Å². The van der Waals surface area contributed by atoms with E-state index >= 15 is 0 Å². The zero-order valence-corrected chi connectivity index (χ0v) is 11.2. The van der Waals surface area contributed by atoms with Crippen molar-refractivity contribution in [1.82, 2.24) is 20.2 Å². The van der Waals surface area contributed by atoms with Crippen LogP contribution in [0.2, 0.25) is 5.02 Å². The Morgan fingerprint density at radius 1 is 1.42 bits per heavy atom. The fourth-order valence-electron chi connectivity index (χ4n) is 1.70. The molecule has 0 saturated heterocycles. The van der Waals surface area contributed by atoms with E-state index in [1.165, 1.54) is 4.68 Å². The zero-order valence-electron chi connectivity index (χ0n) is 10.5. The van der Waals surface area contributed by atoms with Gasteiger partial charge in [-0.05, 0) is 36.4 Å². The van der Waals surface area contributed by atoms with Gasteiger partial charge in [-0.3, -0.25) is 4.79 Å². The van der Waals surface area contributed by atoms with E-state index in [1.54, 1.807) is 32.0 Å². The highest BCUT2D eigenvalue weighted by Gasteiger charge is 2.24. The highest BCUT2D eigenvalue weighted by Crippen LogP contribution is 2.25. The Morgan fingerprint density at radius 3 is 2.79 bits per heavy atom. The summed E-state index contributed by atoms with van der Waals surface area (Å²) in [7, 11) is 0. The molecule has 19 heavy (non-hydrogen) atoms. The van der Waals surface area contributed by atoms with Crippen LogP contribution < -0.4 is 0 Å². The molecule has 1 heterocycles. The molecule has 7 heteroatoms. The molecule has 1 N–H and O–H groups in total. The Bertz CT molecular complexity index is 599. The van der Waals surface area contributed by atoms with E-state index in [9.17, 15) is 4.79 Å². The quantitative estimate of drug-likeness (QED) is 0.929. The third-order valence-corrected chi connectivity index (χ3v) is 3.31. The normalized spacial score (nSPS) is 14.1. The van der Waals surface area contributed by atoms with Crippen LogP contribution in [-0.4, -0.2) is 31.3 Å². The van der Waals surface area contributed by atoms with Crippen LogP contribution >= 0.6 is 11.6 Å². The van der Waals surface area contributed by atoms with Crippen molar-refractivity contribution < 1.29 is 9.90 Å². The van der Waals surface area contributed by atoms with Gasteiger partial charge in [0.1, 0.15) is 0 Å². The molecule has 0 saturated carbocycles. The highest BCUT2D eigenvalue weighted by atomic mass is 35.5. The number of nitrogens with zero attached hydrogens (tertiary/aromatic N) is 4. The third-order valence-electron chi connectivity index (χ3n) is 3.07. The van der Waals surface area contributed by atoms with Gasteiger partial charge in [0.2, 0.25) is 0 Å². The number of carboxylic acids is 1. The summed E-state index contributed by atoms with van der Waals surface area (Å²) in [6.07, 6.45) is 0. The first-order valence-corrected chi connectivity index (χ1v) is 6.15. The molecule has 0 aliphatic heterocycles. The van der Waals surface area contributed by atoms with Gasteiger partial charge in [0.05, 0.1) is 12.0 Å². The first-order chi connectivity index (χ1) is 9.00. The molecule has 0 amide bonds.